The average molecular weight is 508 g/mol. The van der Waals surface area contributed by atoms with Gasteiger partial charge in [0.2, 0.25) is 3.79 Å². The third kappa shape index (κ3) is 14.9. The molecule has 0 aromatic heterocycles. The molecule has 180 valence electrons. The predicted octanol–water partition coefficient (Wildman–Crippen LogP) is 3.25. The third-order valence-electron chi connectivity index (χ3n) is 3.00. The highest BCUT2D eigenvalue weighted by molar-refractivity contribution is 6.67. The molecule has 0 unspecified atom stereocenters. The summed E-state index contributed by atoms with van der Waals surface area (Å²) in [5.41, 5.74) is -1.73. The summed E-state index contributed by atoms with van der Waals surface area (Å²) in [6.45, 7) is 9.18. The van der Waals surface area contributed by atoms with E-state index in [2.05, 4.69) is 15.4 Å². The molecule has 0 bridgehead atoms. The molecule has 2 N–H and O–H groups in total. The molecule has 31 heavy (non-hydrogen) atoms. The number of carbonyl (C=O) groups excluding carboxylic acids is 4. The highest BCUT2D eigenvalue weighted by atomic mass is 35.6. The summed E-state index contributed by atoms with van der Waals surface area (Å²) in [5, 5.41) is 4.53. The van der Waals surface area contributed by atoms with E-state index < -0.39 is 64.2 Å². The topological polar surface area (TPSA) is 129 Å². The van der Waals surface area contributed by atoms with Crippen LogP contribution in [0.1, 0.15) is 48.0 Å². The Balaban J connectivity index is 5.51. The van der Waals surface area contributed by atoms with E-state index in [0.717, 1.165) is 7.11 Å². The van der Waals surface area contributed by atoms with Gasteiger partial charge in [0.25, 0.3) is 0 Å². The largest absolute Gasteiger partial charge is 0.467 e. The molecule has 0 heterocycles. The van der Waals surface area contributed by atoms with Crippen LogP contribution in [0.2, 0.25) is 0 Å². The van der Waals surface area contributed by atoms with Gasteiger partial charge in [0.1, 0.15) is 29.9 Å². The summed E-state index contributed by atoms with van der Waals surface area (Å²) < 4.78 is 17.9. The summed E-state index contributed by atoms with van der Waals surface area (Å²) in [5.74, 6) is -1.77. The van der Waals surface area contributed by atoms with Crippen LogP contribution in [0.3, 0.4) is 0 Å². The molecule has 2 atom stereocenters. The maximum absolute atomic E-state index is 12.6. The van der Waals surface area contributed by atoms with Crippen LogP contribution >= 0.6 is 34.8 Å². The van der Waals surface area contributed by atoms with Gasteiger partial charge in [-0.25, -0.2) is 19.2 Å². The van der Waals surface area contributed by atoms with Crippen LogP contribution in [0, 0.1) is 0 Å². The van der Waals surface area contributed by atoms with E-state index in [-0.39, 0.29) is 0 Å². The van der Waals surface area contributed by atoms with Crippen molar-refractivity contribution in [1.29, 1.82) is 0 Å². The van der Waals surface area contributed by atoms with Crippen molar-refractivity contribution in [2.24, 2.45) is 0 Å². The monoisotopic (exact) mass is 506 g/mol. The number of amides is 2. The fraction of sp³-hybridized carbons (Fsp3) is 0.778. The molecule has 0 aromatic rings. The van der Waals surface area contributed by atoms with Crippen LogP contribution in [0.25, 0.3) is 0 Å². The first-order chi connectivity index (χ1) is 13.8. The number of hydrogen-bond acceptors (Lipinski definition) is 8. The van der Waals surface area contributed by atoms with Crippen LogP contribution in [-0.2, 0) is 28.5 Å². The third-order valence-corrected chi connectivity index (χ3v) is 3.33. The number of nitrogens with one attached hydrogen (secondary N) is 2. The van der Waals surface area contributed by atoms with Crippen LogP contribution < -0.4 is 10.6 Å². The van der Waals surface area contributed by atoms with Gasteiger partial charge in [-0.2, -0.15) is 0 Å². The number of alkyl halides is 3. The van der Waals surface area contributed by atoms with Gasteiger partial charge in [-0.05, 0) is 41.5 Å². The van der Waals surface area contributed by atoms with E-state index in [1.54, 1.807) is 41.5 Å². The van der Waals surface area contributed by atoms with E-state index in [1.165, 1.54) is 0 Å². The number of ether oxygens (including phenoxy) is 4. The molecule has 0 aliphatic carbocycles. The summed E-state index contributed by atoms with van der Waals surface area (Å²) >= 11 is 16.5. The Bertz CT molecular complexity index is 654. The van der Waals surface area contributed by atoms with Crippen molar-refractivity contribution in [3.63, 3.8) is 0 Å². The molecular weight excluding hydrogens is 479 g/mol. The SMILES string of the molecule is COC(=O)[C@H](C[C@H](NC(=O)OC(C)(C)C)C(=O)OC(C)(C)C)NC(=O)OCC(Cl)(Cl)Cl. The van der Waals surface area contributed by atoms with Crippen molar-refractivity contribution < 1.29 is 38.1 Å². The summed E-state index contributed by atoms with van der Waals surface area (Å²) in [6, 6.07) is -2.77. The molecule has 13 heteroatoms. The maximum Gasteiger partial charge on any atom is 0.408 e. The van der Waals surface area contributed by atoms with Crippen molar-refractivity contribution in [2.45, 2.75) is 75.0 Å². The van der Waals surface area contributed by atoms with Crippen molar-refractivity contribution in [2.75, 3.05) is 13.7 Å². The highest BCUT2D eigenvalue weighted by Crippen LogP contribution is 2.25. The molecule has 0 fully saturated rings. The van der Waals surface area contributed by atoms with Crippen molar-refractivity contribution in [3.8, 4) is 0 Å². The molecule has 0 aliphatic rings. The van der Waals surface area contributed by atoms with Gasteiger partial charge >= 0.3 is 24.1 Å². The lowest BCUT2D eigenvalue weighted by molar-refractivity contribution is -0.158. The van der Waals surface area contributed by atoms with Gasteiger partial charge < -0.3 is 29.6 Å². The Hall–Kier alpha value is -1.65. The number of carbonyl (C=O) groups is 4. The lowest BCUT2D eigenvalue weighted by Crippen LogP contribution is -2.52. The average Bonchev–Trinajstić information content (AvgIpc) is 2.54. The van der Waals surface area contributed by atoms with Crippen LogP contribution in [-0.4, -0.2) is 64.9 Å². The number of esters is 2. The lowest BCUT2D eigenvalue weighted by Gasteiger charge is -2.28. The summed E-state index contributed by atoms with van der Waals surface area (Å²) in [6.07, 6.45) is -2.46. The first-order valence-corrected chi connectivity index (χ1v) is 10.3. The number of hydrogen-bond donors (Lipinski definition) is 2. The first-order valence-electron chi connectivity index (χ1n) is 9.13. The molecule has 0 radical (unpaired) electrons. The molecule has 2 amide bonds. The zero-order valence-corrected chi connectivity index (χ0v) is 20.7. The Morgan fingerprint density at radius 1 is 0.774 bits per heavy atom. The zero-order valence-electron chi connectivity index (χ0n) is 18.5. The van der Waals surface area contributed by atoms with Gasteiger partial charge in [-0.15, -0.1) is 0 Å². The Kier molecular flexibility index (Phi) is 11.2. The second-order valence-corrected chi connectivity index (χ2v) is 10.9. The maximum atomic E-state index is 12.6. The second-order valence-electron chi connectivity index (χ2n) is 8.38. The first kappa shape index (κ1) is 29.4. The molecule has 0 aliphatic heterocycles. The van der Waals surface area contributed by atoms with E-state index in [4.69, 9.17) is 49.0 Å². The molecule has 0 spiro atoms. The fourth-order valence-electron chi connectivity index (χ4n) is 1.96. The molecule has 10 nitrogen and oxygen atoms in total. The van der Waals surface area contributed by atoms with Crippen molar-refractivity contribution >= 4 is 58.9 Å². The fourth-order valence-corrected chi connectivity index (χ4v) is 2.12. The zero-order chi connectivity index (χ0) is 24.6. The number of halogens is 3. The minimum absolute atomic E-state index is 0.427. The van der Waals surface area contributed by atoms with E-state index in [0.29, 0.717) is 0 Å². The van der Waals surface area contributed by atoms with Gasteiger partial charge in [0, 0.05) is 6.42 Å². The smallest absolute Gasteiger partial charge is 0.408 e. The molecule has 0 aromatic carbocycles. The molecular formula is C18H29Cl3N2O8. The van der Waals surface area contributed by atoms with Gasteiger partial charge in [0.05, 0.1) is 7.11 Å². The minimum Gasteiger partial charge on any atom is -0.467 e. The standard InChI is InChI=1S/C18H29Cl3N2O8/c1-16(2,3)30-13(25)11(23-15(27)31-17(4,5)6)8-10(12(24)28-7)22-14(26)29-9-18(19,20)21/h10-11H,8-9H2,1-7H3,(H,22,26)(H,23,27)/t10-,11-/m0/s1. The minimum atomic E-state index is -1.87. The summed E-state index contributed by atoms with van der Waals surface area (Å²) in [4.78, 5) is 48.9. The molecule has 0 saturated heterocycles. The second kappa shape index (κ2) is 11.8. The van der Waals surface area contributed by atoms with Gasteiger partial charge in [-0.1, -0.05) is 34.8 Å². The van der Waals surface area contributed by atoms with Gasteiger partial charge in [0.15, 0.2) is 0 Å². The lowest BCUT2D eigenvalue weighted by atomic mass is 10.1. The Morgan fingerprint density at radius 2 is 1.23 bits per heavy atom. The summed E-state index contributed by atoms with van der Waals surface area (Å²) in [7, 11) is 1.08. The normalized spacial score (nSPS) is 14.0. The van der Waals surface area contributed by atoms with Crippen LogP contribution in [0.5, 0.6) is 0 Å². The number of methoxy groups -OCH3 is 1. The number of alkyl carbamates (subject to hydrolysis) is 2. The predicted molar refractivity (Wildman–Crippen MR) is 114 cm³/mol. The Labute approximate surface area is 196 Å². The van der Waals surface area contributed by atoms with Crippen LogP contribution in [0.4, 0.5) is 9.59 Å². The molecule has 0 rings (SSSR count). The van der Waals surface area contributed by atoms with E-state index >= 15 is 0 Å². The van der Waals surface area contributed by atoms with Crippen molar-refractivity contribution in [1.82, 2.24) is 10.6 Å². The quantitative estimate of drug-likeness (QED) is 0.305. The van der Waals surface area contributed by atoms with E-state index in [9.17, 15) is 19.2 Å². The Morgan fingerprint density at radius 3 is 1.65 bits per heavy atom. The van der Waals surface area contributed by atoms with E-state index in [1.807, 2.05) is 0 Å². The highest BCUT2D eigenvalue weighted by Gasteiger charge is 2.35. The van der Waals surface area contributed by atoms with Crippen LogP contribution in [0.15, 0.2) is 0 Å². The van der Waals surface area contributed by atoms with Crippen molar-refractivity contribution in [3.05, 3.63) is 0 Å². The number of rotatable bonds is 7. The molecule has 0 saturated carbocycles. The van der Waals surface area contributed by atoms with Gasteiger partial charge in [-0.3, -0.25) is 0 Å².